The molecule has 1 aliphatic carbocycles. The van der Waals surface area contributed by atoms with Crippen LogP contribution in [0.1, 0.15) is 25.0 Å². The largest absolute Gasteiger partial charge is 0.308 e. The minimum absolute atomic E-state index is 0.112. The summed E-state index contributed by atoms with van der Waals surface area (Å²) in [4.78, 5) is 4.84. The maximum Gasteiger partial charge on any atom is 0.103 e. The zero-order chi connectivity index (χ0) is 43.2. The van der Waals surface area contributed by atoms with Gasteiger partial charge in [-0.1, -0.05) is 135 Å². The minimum Gasteiger partial charge on any atom is -0.308 e. The minimum atomic E-state index is -0.112. The van der Waals surface area contributed by atoms with E-state index < -0.39 is 0 Å². The molecule has 8 aromatic carbocycles. The van der Waals surface area contributed by atoms with Crippen molar-refractivity contribution in [3.8, 4) is 22.5 Å². The lowest BCUT2D eigenvalue weighted by atomic mass is 9.82. The molecule has 4 heterocycles. The number of rotatable bonds is 8. The zero-order valence-corrected chi connectivity index (χ0v) is 37.5. The Balaban J connectivity index is 1.06. The Hall–Kier alpha value is -7.64. The van der Waals surface area contributed by atoms with Crippen LogP contribution in [-0.4, -0.2) is 9.13 Å². The molecular formula is C59H42N4S2. The van der Waals surface area contributed by atoms with Crippen molar-refractivity contribution in [2.75, 3.05) is 9.80 Å². The maximum absolute atomic E-state index is 2.48. The van der Waals surface area contributed by atoms with Gasteiger partial charge in [0.15, 0.2) is 0 Å². The number of benzene rings is 8. The predicted octanol–water partition coefficient (Wildman–Crippen LogP) is 17.2. The van der Waals surface area contributed by atoms with Crippen molar-refractivity contribution >= 4 is 97.7 Å². The Labute approximate surface area is 385 Å². The molecule has 12 aromatic rings. The Morgan fingerprint density at radius 3 is 1.23 bits per heavy atom. The molecule has 0 amide bonds. The zero-order valence-electron chi connectivity index (χ0n) is 35.9. The molecule has 6 heteroatoms. The van der Waals surface area contributed by atoms with Gasteiger partial charge in [0.2, 0.25) is 0 Å². The summed E-state index contributed by atoms with van der Waals surface area (Å²) in [5, 5.41) is 4.82. The molecule has 65 heavy (non-hydrogen) atoms. The number of hydrogen-bond donors (Lipinski definition) is 0. The summed E-state index contributed by atoms with van der Waals surface area (Å²) in [5.41, 5.74) is 16.9. The van der Waals surface area contributed by atoms with Gasteiger partial charge < -0.3 is 18.9 Å². The Kier molecular flexibility index (Phi) is 8.57. The second kappa shape index (κ2) is 14.7. The first kappa shape index (κ1) is 37.9. The summed E-state index contributed by atoms with van der Waals surface area (Å²) in [6.07, 6.45) is 0. The van der Waals surface area contributed by atoms with Crippen molar-refractivity contribution < 1.29 is 0 Å². The van der Waals surface area contributed by atoms with Crippen molar-refractivity contribution in [3.63, 3.8) is 0 Å². The number of hydrogen-bond acceptors (Lipinski definition) is 4. The average Bonchev–Trinajstić information content (AvgIpc) is 4.15. The Morgan fingerprint density at radius 1 is 0.354 bits per heavy atom. The quantitative estimate of drug-likeness (QED) is 0.151. The summed E-state index contributed by atoms with van der Waals surface area (Å²) in [6, 6.07) is 79.7. The number of fused-ring (bicyclic) bond motifs is 9. The van der Waals surface area contributed by atoms with Gasteiger partial charge in [0.25, 0.3) is 0 Å². The van der Waals surface area contributed by atoms with E-state index in [1.54, 1.807) is 0 Å². The second-order valence-electron chi connectivity index (χ2n) is 17.4. The van der Waals surface area contributed by atoms with Crippen molar-refractivity contribution in [2.45, 2.75) is 19.3 Å². The van der Waals surface area contributed by atoms with Crippen LogP contribution < -0.4 is 9.80 Å². The van der Waals surface area contributed by atoms with Crippen LogP contribution in [0.4, 0.5) is 32.8 Å². The van der Waals surface area contributed by atoms with Gasteiger partial charge >= 0.3 is 0 Å². The lowest BCUT2D eigenvalue weighted by Crippen LogP contribution is -2.16. The monoisotopic (exact) mass is 870 g/mol. The Morgan fingerprint density at radius 2 is 0.754 bits per heavy atom. The highest BCUT2D eigenvalue weighted by atomic mass is 32.1. The lowest BCUT2D eigenvalue weighted by Gasteiger charge is -2.27. The summed E-state index contributed by atoms with van der Waals surface area (Å²) in [7, 11) is 0. The highest BCUT2D eigenvalue weighted by Crippen LogP contribution is 2.53. The third-order valence-electron chi connectivity index (χ3n) is 13.3. The van der Waals surface area contributed by atoms with Crippen LogP contribution in [0.3, 0.4) is 0 Å². The lowest BCUT2D eigenvalue weighted by molar-refractivity contribution is 0.660. The molecule has 0 aliphatic heterocycles. The third-order valence-corrected chi connectivity index (χ3v) is 15.6. The normalized spacial score (nSPS) is 12.9. The molecule has 13 rings (SSSR count). The van der Waals surface area contributed by atoms with Crippen molar-refractivity contribution in [1.82, 2.24) is 9.13 Å². The van der Waals surface area contributed by atoms with Crippen LogP contribution >= 0.6 is 22.7 Å². The fourth-order valence-electron chi connectivity index (χ4n) is 10.3. The molecule has 0 spiro atoms. The van der Waals surface area contributed by atoms with E-state index in [0.717, 1.165) is 34.1 Å². The second-order valence-corrected chi connectivity index (χ2v) is 19.5. The van der Waals surface area contributed by atoms with Crippen molar-refractivity contribution in [1.29, 1.82) is 0 Å². The number of thiophene rings is 2. The number of anilines is 6. The molecule has 0 unspecified atom stereocenters. The van der Waals surface area contributed by atoms with E-state index in [-0.39, 0.29) is 5.41 Å². The highest BCUT2D eigenvalue weighted by Gasteiger charge is 2.36. The van der Waals surface area contributed by atoms with E-state index in [4.69, 9.17) is 0 Å². The van der Waals surface area contributed by atoms with Gasteiger partial charge in [0.05, 0.1) is 31.5 Å². The van der Waals surface area contributed by atoms with Crippen molar-refractivity contribution in [2.24, 2.45) is 0 Å². The van der Waals surface area contributed by atoms with E-state index in [1.165, 1.54) is 74.5 Å². The summed E-state index contributed by atoms with van der Waals surface area (Å²) in [5.74, 6) is 0. The summed E-state index contributed by atoms with van der Waals surface area (Å²) in [6.45, 7) is 4.73. The molecule has 310 valence electrons. The predicted molar refractivity (Wildman–Crippen MR) is 278 cm³/mol. The topological polar surface area (TPSA) is 16.3 Å². The van der Waals surface area contributed by atoms with E-state index in [2.05, 4.69) is 251 Å². The van der Waals surface area contributed by atoms with Crippen LogP contribution in [0.15, 0.2) is 218 Å². The number of aromatic nitrogens is 2. The maximum atomic E-state index is 2.48. The molecular weight excluding hydrogens is 829 g/mol. The SMILES string of the molecule is CC1(C)c2ccccc2-c2ccc(N(c3ccccc3)c3cc4c(s3)c3cc5c(cc3n4-c3ccccc3)c3sc(N(c4ccccc4)c4ccccc4)cc3n5-c3ccccc3)cc21. The van der Waals surface area contributed by atoms with Gasteiger partial charge in [-0.05, 0) is 119 Å². The number of nitrogens with zero attached hydrogens (tertiary/aromatic N) is 4. The van der Waals surface area contributed by atoms with Gasteiger partial charge in [-0.2, -0.15) is 0 Å². The van der Waals surface area contributed by atoms with E-state index >= 15 is 0 Å². The first-order chi connectivity index (χ1) is 32.0. The summed E-state index contributed by atoms with van der Waals surface area (Å²) < 4.78 is 7.48. The summed E-state index contributed by atoms with van der Waals surface area (Å²) >= 11 is 3.73. The van der Waals surface area contributed by atoms with Gasteiger partial charge in [-0.15, -0.1) is 22.7 Å². The molecule has 0 radical (unpaired) electrons. The molecule has 0 bridgehead atoms. The van der Waals surface area contributed by atoms with Crippen molar-refractivity contribution in [3.05, 3.63) is 230 Å². The molecule has 0 atom stereocenters. The smallest absolute Gasteiger partial charge is 0.103 e. The molecule has 0 fully saturated rings. The molecule has 4 aromatic heterocycles. The van der Waals surface area contributed by atoms with E-state index in [1.807, 2.05) is 22.7 Å². The van der Waals surface area contributed by atoms with Gasteiger partial charge in [0, 0.05) is 50.3 Å². The average molecular weight is 871 g/mol. The van der Waals surface area contributed by atoms with Gasteiger partial charge in [0.1, 0.15) is 10.0 Å². The molecule has 0 saturated heterocycles. The first-order valence-electron chi connectivity index (χ1n) is 22.2. The fraction of sp³-hybridized carbons (Fsp3) is 0.0508. The highest BCUT2D eigenvalue weighted by molar-refractivity contribution is 7.24. The standard InChI is InChI=1S/C59H42N4S2/c1-59(2)49-31-19-18-30-45(49)46-33-32-44(34-50(46)59)61(41-24-12-5-13-25-41)56-38-54-58(65-56)48-36-51-47(35-52(48)63(54)43-28-16-7-17-29-43)57-53(62(51)42-26-14-6-15-27-42)37-55(64-57)60(39-20-8-3-9-21-39)40-22-10-4-11-23-40/h3-38H,1-2H3. The molecule has 1 aliphatic rings. The van der Waals surface area contributed by atoms with Gasteiger partial charge in [-0.25, -0.2) is 0 Å². The number of para-hydroxylation sites is 5. The van der Waals surface area contributed by atoms with Crippen LogP contribution in [0.25, 0.3) is 64.7 Å². The molecule has 0 N–H and O–H groups in total. The third kappa shape index (κ3) is 5.88. The van der Waals surface area contributed by atoms with Crippen LogP contribution in [0.2, 0.25) is 0 Å². The molecule has 0 saturated carbocycles. The van der Waals surface area contributed by atoms with Crippen LogP contribution in [-0.2, 0) is 5.41 Å². The first-order valence-corrected chi connectivity index (χ1v) is 23.8. The van der Waals surface area contributed by atoms with E-state index in [0.29, 0.717) is 0 Å². The fourth-order valence-corrected chi connectivity index (χ4v) is 12.7. The van der Waals surface area contributed by atoms with E-state index in [9.17, 15) is 0 Å². The van der Waals surface area contributed by atoms with Crippen LogP contribution in [0.5, 0.6) is 0 Å². The van der Waals surface area contributed by atoms with Crippen LogP contribution in [0, 0.1) is 0 Å². The Bertz CT molecular complexity index is 3690. The molecule has 4 nitrogen and oxygen atoms in total. The van der Waals surface area contributed by atoms with Gasteiger partial charge in [-0.3, -0.25) is 0 Å².